The van der Waals surface area contributed by atoms with Crippen molar-refractivity contribution in [2.45, 2.75) is 45.1 Å². The van der Waals surface area contributed by atoms with Gasteiger partial charge in [-0.05, 0) is 50.4 Å². The normalized spacial score (nSPS) is 12.7. The summed E-state index contributed by atoms with van der Waals surface area (Å²) in [5.74, 6) is 0. The minimum Gasteiger partial charge on any atom is -0.317 e. The molecule has 0 aliphatic heterocycles. The number of benzene rings is 1. The summed E-state index contributed by atoms with van der Waals surface area (Å²) in [7, 11) is 2.07. The highest BCUT2D eigenvalue weighted by Crippen LogP contribution is 2.18. The Morgan fingerprint density at radius 3 is 2.79 bits per heavy atom. The van der Waals surface area contributed by atoms with Crippen molar-refractivity contribution < 1.29 is 0 Å². The van der Waals surface area contributed by atoms with Gasteiger partial charge in [0.1, 0.15) is 0 Å². The van der Waals surface area contributed by atoms with Crippen LogP contribution in [0.1, 0.15) is 38.2 Å². The van der Waals surface area contributed by atoms with Crippen molar-refractivity contribution in [3.63, 3.8) is 0 Å². The predicted octanol–water partition coefficient (Wildman–Crippen LogP) is 3.95. The number of pyridine rings is 1. The van der Waals surface area contributed by atoms with E-state index in [-0.39, 0.29) is 0 Å². The summed E-state index contributed by atoms with van der Waals surface area (Å²) >= 11 is 0. The van der Waals surface area contributed by atoms with E-state index in [1.807, 2.05) is 6.20 Å². The first-order valence-corrected chi connectivity index (χ1v) is 7.35. The maximum atomic E-state index is 4.42. The minimum atomic E-state index is 0.665. The number of aromatic nitrogens is 1. The predicted molar refractivity (Wildman–Crippen MR) is 82.4 cm³/mol. The van der Waals surface area contributed by atoms with Gasteiger partial charge in [-0.2, -0.15) is 0 Å². The third kappa shape index (κ3) is 3.77. The van der Waals surface area contributed by atoms with E-state index in [9.17, 15) is 0 Å². The first kappa shape index (κ1) is 14.0. The summed E-state index contributed by atoms with van der Waals surface area (Å²) < 4.78 is 0. The Bertz CT molecular complexity index is 502. The maximum Gasteiger partial charge on any atom is 0.0704 e. The Morgan fingerprint density at radius 1 is 1.16 bits per heavy atom. The quantitative estimate of drug-likeness (QED) is 0.811. The van der Waals surface area contributed by atoms with E-state index in [1.54, 1.807) is 0 Å². The largest absolute Gasteiger partial charge is 0.317 e. The van der Waals surface area contributed by atoms with Crippen LogP contribution in [0.5, 0.6) is 0 Å². The number of aryl methyl sites for hydroxylation is 1. The van der Waals surface area contributed by atoms with Crippen molar-refractivity contribution in [3.05, 3.63) is 42.1 Å². The van der Waals surface area contributed by atoms with Gasteiger partial charge in [-0.15, -0.1) is 0 Å². The first-order chi connectivity index (χ1) is 9.35. The summed E-state index contributed by atoms with van der Waals surface area (Å²) in [5.41, 5.74) is 2.54. The Labute approximate surface area is 116 Å². The van der Waals surface area contributed by atoms with Crippen LogP contribution in [-0.4, -0.2) is 18.1 Å². The van der Waals surface area contributed by atoms with Crippen LogP contribution in [0, 0.1) is 0 Å². The SMILES string of the molecule is CCCC(CCCc1ccnc2ccccc12)NC. The lowest BCUT2D eigenvalue weighted by Gasteiger charge is -2.15. The van der Waals surface area contributed by atoms with Crippen molar-refractivity contribution in [1.82, 2.24) is 10.3 Å². The molecule has 1 unspecified atom stereocenters. The molecule has 0 spiro atoms. The smallest absolute Gasteiger partial charge is 0.0704 e. The van der Waals surface area contributed by atoms with Crippen molar-refractivity contribution in [3.8, 4) is 0 Å². The monoisotopic (exact) mass is 256 g/mol. The molecule has 102 valence electrons. The molecule has 0 saturated heterocycles. The first-order valence-electron chi connectivity index (χ1n) is 7.35. The molecule has 2 aromatic rings. The highest BCUT2D eigenvalue weighted by molar-refractivity contribution is 5.81. The van der Waals surface area contributed by atoms with Crippen molar-refractivity contribution in [2.75, 3.05) is 7.05 Å². The second-order valence-electron chi connectivity index (χ2n) is 5.15. The second kappa shape index (κ2) is 7.25. The number of hydrogen-bond acceptors (Lipinski definition) is 2. The number of nitrogens with one attached hydrogen (secondary N) is 1. The molecule has 0 bridgehead atoms. The van der Waals surface area contributed by atoms with Crippen LogP contribution < -0.4 is 5.32 Å². The number of fused-ring (bicyclic) bond motifs is 1. The Kier molecular flexibility index (Phi) is 5.34. The lowest BCUT2D eigenvalue weighted by Crippen LogP contribution is -2.24. The Morgan fingerprint density at radius 2 is 2.00 bits per heavy atom. The molecule has 0 fully saturated rings. The standard InChI is InChI=1S/C17H24N2/c1-3-7-15(18-2)9-6-8-14-12-13-19-17-11-5-4-10-16(14)17/h4-5,10-13,15,18H,3,6-9H2,1-2H3. The highest BCUT2D eigenvalue weighted by atomic mass is 14.9. The molecule has 1 aromatic carbocycles. The average molecular weight is 256 g/mol. The van der Waals surface area contributed by atoms with E-state index in [1.165, 1.54) is 36.6 Å². The molecule has 0 aliphatic carbocycles. The maximum absolute atomic E-state index is 4.42. The van der Waals surface area contributed by atoms with Gasteiger partial charge in [0.15, 0.2) is 0 Å². The van der Waals surface area contributed by atoms with Crippen molar-refractivity contribution in [1.29, 1.82) is 0 Å². The van der Waals surface area contributed by atoms with Gasteiger partial charge >= 0.3 is 0 Å². The van der Waals surface area contributed by atoms with E-state index in [0.717, 1.165) is 11.9 Å². The lowest BCUT2D eigenvalue weighted by atomic mass is 10.00. The lowest BCUT2D eigenvalue weighted by molar-refractivity contribution is 0.470. The zero-order chi connectivity index (χ0) is 13.5. The van der Waals surface area contributed by atoms with Gasteiger partial charge in [0.2, 0.25) is 0 Å². The van der Waals surface area contributed by atoms with E-state index >= 15 is 0 Å². The van der Waals surface area contributed by atoms with E-state index in [4.69, 9.17) is 0 Å². The number of rotatable bonds is 7. The van der Waals surface area contributed by atoms with Gasteiger partial charge in [-0.1, -0.05) is 31.5 Å². The number of nitrogens with zero attached hydrogens (tertiary/aromatic N) is 1. The van der Waals surface area contributed by atoms with Gasteiger partial charge in [-0.25, -0.2) is 0 Å². The molecule has 1 aromatic heterocycles. The highest BCUT2D eigenvalue weighted by Gasteiger charge is 2.06. The fourth-order valence-electron chi connectivity index (χ4n) is 2.69. The van der Waals surface area contributed by atoms with Crippen LogP contribution in [-0.2, 0) is 6.42 Å². The Hall–Kier alpha value is -1.41. The molecular weight excluding hydrogens is 232 g/mol. The van der Waals surface area contributed by atoms with Gasteiger partial charge in [-0.3, -0.25) is 4.98 Å². The fraction of sp³-hybridized carbons (Fsp3) is 0.471. The molecule has 0 saturated carbocycles. The molecular formula is C17H24N2. The number of para-hydroxylation sites is 1. The zero-order valence-corrected chi connectivity index (χ0v) is 12.0. The third-order valence-electron chi connectivity index (χ3n) is 3.78. The van der Waals surface area contributed by atoms with Gasteiger partial charge in [0.25, 0.3) is 0 Å². The third-order valence-corrected chi connectivity index (χ3v) is 3.78. The molecule has 0 aliphatic rings. The molecule has 0 amide bonds. The van der Waals surface area contributed by atoms with Gasteiger partial charge < -0.3 is 5.32 Å². The molecule has 1 heterocycles. The summed E-state index contributed by atoms with van der Waals surface area (Å²) in [6, 6.07) is 11.2. The second-order valence-corrected chi connectivity index (χ2v) is 5.15. The van der Waals surface area contributed by atoms with E-state index in [0.29, 0.717) is 6.04 Å². The van der Waals surface area contributed by atoms with Crippen LogP contribution >= 0.6 is 0 Å². The molecule has 1 N–H and O–H groups in total. The van der Waals surface area contributed by atoms with Crippen LogP contribution in [0.25, 0.3) is 10.9 Å². The molecule has 19 heavy (non-hydrogen) atoms. The van der Waals surface area contributed by atoms with Crippen molar-refractivity contribution in [2.24, 2.45) is 0 Å². The molecule has 2 rings (SSSR count). The van der Waals surface area contributed by atoms with Crippen LogP contribution in [0.3, 0.4) is 0 Å². The van der Waals surface area contributed by atoms with E-state index < -0.39 is 0 Å². The van der Waals surface area contributed by atoms with Crippen LogP contribution in [0.15, 0.2) is 36.5 Å². The average Bonchev–Trinajstić information content (AvgIpc) is 2.46. The van der Waals surface area contributed by atoms with Gasteiger partial charge in [0.05, 0.1) is 5.52 Å². The fourth-order valence-corrected chi connectivity index (χ4v) is 2.69. The molecule has 1 atom stereocenters. The topological polar surface area (TPSA) is 24.9 Å². The van der Waals surface area contributed by atoms with Crippen LogP contribution in [0.2, 0.25) is 0 Å². The van der Waals surface area contributed by atoms with Gasteiger partial charge in [0, 0.05) is 17.6 Å². The molecule has 2 heteroatoms. The Balaban J connectivity index is 1.98. The molecule has 0 radical (unpaired) electrons. The van der Waals surface area contributed by atoms with Crippen molar-refractivity contribution >= 4 is 10.9 Å². The summed E-state index contributed by atoms with van der Waals surface area (Å²) in [4.78, 5) is 4.42. The summed E-state index contributed by atoms with van der Waals surface area (Å²) in [6.07, 6.45) is 8.09. The summed E-state index contributed by atoms with van der Waals surface area (Å²) in [5, 5.41) is 4.72. The summed E-state index contributed by atoms with van der Waals surface area (Å²) in [6.45, 7) is 2.25. The van der Waals surface area contributed by atoms with Crippen LogP contribution in [0.4, 0.5) is 0 Å². The van der Waals surface area contributed by atoms with E-state index in [2.05, 4.69) is 54.6 Å². The number of hydrogen-bond donors (Lipinski definition) is 1. The molecule has 2 nitrogen and oxygen atoms in total. The minimum absolute atomic E-state index is 0.665. The zero-order valence-electron chi connectivity index (χ0n) is 12.0.